The van der Waals surface area contributed by atoms with Gasteiger partial charge in [-0.25, -0.2) is 0 Å². The fourth-order valence-corrected chi connectivity index (χ4v) is 2.81. The lowest BCUT2D eigenvalue weighted by Crippen LogP contribution is -2.38. The maximum atomic E-state index is 12.9. The highest BCUT2D eigenvalue weighted by molar-refractivity contribution is 6.14. The minimum Gasteiger partial charge on any atom is -0.508 e. The predicted molar refractivity (Wildman–Crippen MR) is 96.2 cm³/mol. The van der Waals surface area contributed by atoms with E-state index in [9.17, 15) is 9.90 Å². The number of carbonyl (C=O) groups excluding carboxylic acids is 1. The second kappa shape index (κ2) is 7.38. The average Bonchev–Trinajstić information content (AvgIpc) is 3.06. The lowest BCUT2D eigenvalue weighted by Gasteiger charge is -2.19. The Hall–Kier alpha value is -2.82. The summed E-state index contributed by atoms with van der Waals surface area (Å²) >= 11 is 0. The Morgan fingerprint density at radius 1 is 1.16 bits per heavy atom. The molecular formula is C20H22N2O3. The predicted octanol–water partition coefficient (Wildman–Crippen LogP) is 3.26. The first-order valence-electron chi connectivity index (χ1n) is 8.42. The number of hydrogen-bond acceptors (Lipinski definition) is 4. The molecule has 0 fully saturated rings. The molecule has 0 aromatic heterocycles. The molecule has 2 unspecified atom stereocenters. The Bertz CT molecular complexity index is 754. The first-order valence-corrected chi connectivity index (χ1v) is 8.42. The number of phenols is 1. The van der Waals surface area contributed by atoms with Crippen LogP contribution in [0.5, 0.6) is 5.75 Å². The van der Waals surface area contributed by atoms with Gasteiger partial charge in [0.1, 0.15) is 17.4 Å². The second-order valence-corrected chi connectivity index (χ2v) is 6.58. The van der Waals surface area contributed by atoms with Crippen LogP contribution in [0.15, 0.2) is 59.8 Å². The van der Waals surface area contributed by atoms with Crippen molar-refractivity contribution in [3.05, 3.63) is 65.7 Å². The summed E-state index contributed by atoms with van der Waals surface area (Å²) in [6.45, 7) is 4.70. The van der Waals surface area contributed by atoms with E-state index >= 15 is 0 Å². The highest BCUT2D eigenvalue weighted by atomic mass is 16.6. The maximum Gasteiger partial charge on any atom is 0.233 e. The normalized spacial score (nSPS) is 19.4. The molecule has 1 aliphatic rings. The van der Waals surface area contributed by atoms with Gasteiger partial charge < -0.3 is 15.3 Å². The van der Waals surface area contributed by atoms with Gasteiger partial charge in [0.05, 0.1) is 0 Å². The van der Waals surface area contributed by atoms with Crippen LogP contribution in [0.4, 0.5) is 0 Å². The molecule has 1 aliphatic heterocycles. The summed E-state index contributed by atoms with van der Waals surface area (Å²) < 4.78 is 0. The van der Waals surface area contributed by atoms with E-state index in [1.165, 1.54) is 0 Å². The number of aromatic hydroxyl groups is 1. The Kier molecular flexibility index (Phi) is 5.03. The van der Waals surface area contributed by atoms with E-state index in [0.717, 1.165) is 11.1 Å². The molecule has 0 bridgehead atoms. The standard InChI is InChI=1S/C20H22N2O3/c1-13(2)12-21-20(24)17-18(14-8-10-16(23)11-9-14)22-25-19(17)15-6-4-3-5-7-15/h3-11,13,17,19,23H,12H2,1-2H3,(H,21,24). The summed E-state index contributed by atoms with van der Waals surface area (Å²) in [7, 11) is 0. The van der Waals surface area contributed by atoms with Crippen LogP contribution in [-0.2, 0) is 9.63 Å². The Morgan fingerprint density at radius 3 is 2.48 bits per heavy atom. The van der Waals surface area contributed by atoms with Gasteiger partial charge >= 0.3 is 0 Å². The third-order valence-electron chi connectivity index (χ3n) is 4.12. The van der Waals surface area contributed by atoms with Crippen LogP contribution in [-0.4, -0.2) is 23.3 Å². The minimum atomic E-state index is -0.536. The van der Waals surface area contributed by atoms with Gasteiger partial charge in [0.2, 0.25) is 5.91 Å². The zero-order valence-electron chi connectivity index (χ0n) is 14.3. The van der Waals surface area contributed by atoms with Gasteiger partial charge in [-0.1, -0.05) is 49.3 Å². The summed E-state index contributed by atoms with van der Waals surface area (Å²) in [5.74, 6) is -0.114. The Balaban J connectivity index is 1.91. The molecule has 1 heterocycles. The molecule has 0 aliphatic carbocycles. The number of nitrogens with one attached hydrogen (secondary N) is 1. The van der Waals surface area contributed by atoms with Crippen molar-refractivity contribution in [2.45, 2.75) is 20.0 Å². The van der Waals surface area contributed by atoms with E-state index in [2.05, 4.69) is 24.3 Å². The molecule has 5 heteroatoms. The van der Waals surface area contributed by atoms with E-state index in [1.807, 2.05) is 30.3 Å². The molecule has 2 aromatic carbocycles. The molecule has 2 aromatic rings. The molecule has 3 rings (SSSR count). The van der Waals surface area contributed by atoms with E-state index in [0.29, 0.717) is 18.2 Å². The fourth-order valence-electron chi connectivity index (χ4n) is 2.81. The van der Waals surface area contributed by atoms with Crippen LogP contribution in [0.3, 0.4) is 0 Å². The number of hydrogen-bond donors (Lipinski definition) is 2. The average molecular weight is 338 g/mol. The van der Waals surface area contributed by atoms with Crippen molar-refractivity contribution in [2.24, 2.45) is 17.0 Å². The zero-order valence-corrected chi connectivity index (χ0v) is 14.3. The van der Waals surface area contributed by atoms with Crippen molar-refractivity contribution in [3.63, 3.8) is 0 Å². The molecule has 0 radical (unpaired) electrons. The summed E-state index contributed by atoms with van der Waals surface area (Å²) in [5, 5.41) is 16.7. The number of benzene rings is 2. The molecule has 2 N–H and O–H groups in total. The first kappa shape index (κ1) is 17.0. The van der Waals surface area contributed by atoms with Gasteiger partial charge in [0, 0.05) is 12.1 Å². The number of amides is 1. The van der Waals surface area contributed by atoms with Crippen LogP contribution >= 0.6 is 0 Å². The first-order chi connectivity index (χ1) is 12.1. The van der Waals surface area contributed by atoms with Crippen molar-refractivity contribution >= 4 is 11.6 Å². The molecular weight excluding hydrogens is 316 g/mol. The lowest BCUT2D eigenvalue weighted by molar-refractivity contribution is -0.126. The van der Waals surface area contributed by atoms with E-state index in [1.54, 1.807) is 24.3 Å². The van der Waals surface area contributed by atoms with Gasteiger partial charge in [0.25, 0.3) is 0 Å². The Morgan fingerprint density at radius 2 is 1.84 bits per heavy atom. The van der Waals surface area contributed by atoms with Crippen LogP contribution < -0.4 is 5.32 Å². The van der Waals surface area contributed by atoms with Gasteiger partial charge in [-0.05, 0) is 35.7 Å². The Labute approximate surface area is 147 Å². The van der Waals surface area contributed by atoms with E-state index < -0.39 is 12.0 Å². The van der Waals surface area contributed by atoms with Gasteiger partial charge in [-0.2, -0.15) is 0 Å². The number of phenolic OH excluding ortho intramolecular Hbond substituents is 1. The van der Waals surface area contributed by atoms with E-state index in [-0.39, 0.29) is 11.7 Å². The van der Waals surface area contributed by atoms with Crippen molar-refractivity contribution in [3.8, 4) is 5.75 Å². The zero-order chi connectivity index (χ0) is 17.8. The third-order valence-corrected chi connectivity index (χ3v) is 4.12. The monoisotopic (exact) mass is 338 g/mol. The van der Waals surface area contributed by atoms with Crippen molar-refractivity contribution in [1.82, 2.24) is 5.32 Å². The summed E-state index contributed by atoms with van der Waals surface area (Å²) in [5.41, 5.74) is 2.25. The van der Waals surface area contributed by atoms with Gasteiger partial charge in [0.15, 0.2) is 6.10 Å². The smallest absolute Gasteiger partial charge is 0.233 e. The molecule has 0 saturated heterocycles. The number of nitrogens with zero attached hydrogens (tertiary/aromatic N) is 1. The molecule has 5 nitrogen and oxygen atoms in total. The third kappa shape index (κ3) is 3.82. The topological polar surface area (TPSA) is 70.9 Å². The summed E-state index contributed by atoms with van der Waals surface area (Å²) in [6, 6.07) is 16.3. The van der Waals surface area contributed by atoms with Crippen LogP contribution in [0.25, 0.3) is 0 Å². The molecule has 0 saturated carbocycles. The van der Waals surface area contributed by atoms with Gasteiger partial charge in [-0.15, -0.1) is 0 Å². The van der Waals surface area contributed by atoms with Crippen molar-refractivity contribution < 1.29 is 14.7 Å². The summed E-state index contributed by atoms with van der Waals surface area (Å²) in [4.78, 5) is 18.5. The highest BCUT2D eigenvalue weighted by Gasteiger charge is 2.41. The quantitative estimate of drug-likeness (QED) is 0.879. The number of carbonyl (C=O) groups is 1. The second-order valence-electron chi connectivity index (χ2n) is 6.58. The van der Waals surface area contributed by atoms with Crippen LogP contribution in [0, 0.1) is 11.8 Å². The molecule has 0 spiro atoms. The van der Waals surface area contributed by atoms with Crippen LogP contribution in [0.2, 0.25) is 0 Å². The van der Waals surface area contributed by atoms with Crippen molar-refractivity contribution in [2.75, 3.05) is 6.54 Å². The minimum absolute atomic E-state index is 0.105. The SMILES string of the molecule is CC(C)CNC(=O)C1C(c2ccc(O)cc2)=NOC1c1ccccc1. The maximum absolute atomic E-state index is 12.9. The molecule has 2 atom stereocenters. The summed E-state index contributed by atoms with van der Waals surface area (Å²) in [6.07, 6.45) is -0.461. The fraction of sp³-hybridized carbons (Fsp3) is 0.300. The molecule has 25 heavy (non-hydrogen) atoms. The van der Waals surface area contributed by atoms with Gasteiger partial charge in [-0.3, -0.25) is 4.79 Å². The number of oxime groups is 1. The van der Waals surface area contributed by atoms with E-state index in [4.69, 9.17) is 4.84 Å². The largest absolute Gasteiger partial charge is 0.508 e. The molecule has 1 amide bonds. The van der Waals surface area contributed by atoms with Crippen molar-refractivity contribution in [1.29, 1.82) is 0 Å². The molecule has 130 valence electrons. The number of rotatable bonds is 5. The highest BCUT2D eigenvalue weighted by Crippen LogP contribution is 2.35. The van der Waals surface area contributed by atoms with Crippen LogP contribution in [0.1, 0.15) is 31.1 Å². The lowest BCUT2D eigenvalue weighted by atomic mass is 9.88.